The molecule has 0 aliphatic heterocycles. The summed E-state index contributed by atoms with van der Waals surface area (Å²) in [6, 6.07) is 6.07. The molecule has 0 aliphatic carbocycles. The van der Waals surface area contributed by atoms with Gasteiger partial charge < -0.3 is 5.73 Å². The zero-order chi connectivity index (χ0) is 7.56. The Morgan fingerprint density at radius 1 is 1.40 bits per heavy atom. The van der Waals surface area contributed by atoms with Gasteiger partial charge in [0.1, 0.15) is 0 Å². The van der Waals surface area contributed by atoms with Crippen molar-refractivity contribution >= 4 is 12.6 Å². The fourth-order valence-corrected chi connectivity index (χ4v) is 1.33. The number of benzene rings is 1. The summed E-state index contributed by atoms with van der Waals surface area (Å²) in [5, 5.41) is 0. The summed E-state index contributed by atoms with van der Waals surface area (Å²) in [6.45, 7) is 2.63. The third-order valence-electron chi connectivity index (χ3n) is 1.36. The van der Waals surface area contributed by atoms with Crippen LogP contribution < -0.4 is 5.73 Å². The summed E-state index contributed by atoms with van der Waals surface area (Å²) < 4.78 is 0. The van der Waals surface area contributed by atoms with Crippen molar-refractivity contribution in [1.82, 2.24) is 0 Å². The summed E-state index contributed by atoms with van der Waals surface area (Å²) >= 11 is 4.22. The molecule has 2 N–H and O–H groups in total. The molecule has 1 nitrogen and oxygen atoms in total. The molecule has 1 aromatic carbocycles. The first-order chi connectivity index (χ1) is 4.72. The third kappa shape index (κ3) is 1.75. The van der Waals surface area contributed by atoms with E-state index < -0.39 is 0 Å². The van der Waals surface area contributed by atoms with Crippen molar-refractivity contribution in [2.24, 2.45) is 5.73 Å². The first kappa shape index (κ1) is 7.63. The zero-order valence-electron chi connectivity index (χ0n) is 5.96. The van der Waals surface area contributed by atoms with E-state index in [0.29, 0.717) is 6.54 Å². The molecule has 0 aromatic heterocycles. The predicted octanol–water partition coefficient (Wildman–Crippen LogP) is 1.74. The molecule has 1 rings (SSSR count). The Bertz CT molecular complexity index is 212. The van der Waals surface area contributed by atoms with Crippen LogP contribution in [0.2, 0.25) is 0 Å². The molecule has 0 heterocycles. The van der Waals surface area contributed by atoms with Gasteiger partial charge in [-0.2, -0.15) is 0 Å². The molecular weight excluding hydrogens is 142 g/mol. The van der Waals surface area contributed by atoms with Gasteiger partial charge in [-0.25, -0.2) is 0 Å². The first-order valence-electron chi connectivity index (χ1n) is 3.22. The smallest absolute Gasteiger partial charge is 0.0178 e. The van der Waals surface area contributed by atoms with Crippen LogP contribution in [0.4, 0.5) is 0 Å². The van der Waals surface area contributed by atoms with Crippen LogP contribution in [0.5, 0.6) is 0 Å². The van der Waals surface area contributed by atoms with Gasteiger partial charge in [-0.1, -0.05) is 6.07 Å². The van der Waals surface area contributed by atoms with Crippen molar-refractivity contribution in [3.63, 3.8) is 0 Å². The van der Waals surface area contributed by atoms with Gasteiger partial charge in [-0.15, -0.1) is 12.6 Å². The average Bonchev–Trinajstić information content (AvgIpc) is 1.85. The Morgan fingerprint density at radius 3 is 2.60 bits per heavy atom. The number of nitrogens with two attached hydrogens (primary N) is 1. The molecule has 0 saturated carbocycles. The molecule has 10 heavy (non-hydrogen) atoms. The Kier molecular flexibility index (Phi) is 2.35. The van der Waals surface area contributed by atoms with E-state index >= 15 is 0 Å². The fourth-order valence-electron chi connectivity index (χ4n) is 0.958. The van der Waals surface area contributed by atoms with Crippen molar-refractivity contribution in [3.05, 3.63) is 29.3 Å². The highest BCUT2D eigenvalue weighted by Gasteiger charge is 1.91. The van der Waals surface area contributed by atoms with Crippen LogP contribution in [0.15, 0.2) is 23.1 Å². The topological polar surface area (TPSA) is 26.0 Å². The quantitative estimate of drug-likeness (QED) is 0.590. The maximum absolute atomic E-state index is 5.45. The van der Waals surface area contributed by atoms with Crippen LogP contribution in [-0.2, 0) is 6.54 Å². The number of aryl methyl sites for hydroxylation is 1. The molecule has 0 aliphatic rings. The average molecular weight is 153 g/mol. The van der Waals surface area contributed by atoms with Crippen molar-refractivity contribution in [1.29, 1.82) is 0 Å². The molecule has 0 fully saturated rings. The van der Waals surface area contributed by atoms with E-state index in [9.17, 15) is 0 Å². The lowest BCUT2D eigenvalue weighted by Gasteiger charge is -1.99. The van der Waals surface area contributed by atoms with E-state index in [1.165, 1.54) is 5.56 Å². The van der Waals surface area contributed by atoms with E-state index in [1.54, 1.807) is 0 Å². The van der Waals surface area contributed by atoms with E-state index in [1.807, 2.05) is 19.1 Å². The molecule has 1 aromatic rings. The van der Waals surface area contributed by atoms with Crippen molar-refractivity contribution < 1.29 is 0 Å². The van der Waals surface area contributed by atoms with Crippen LogP contribution in [0.25, 0.3) is 0 Å². The molecule has 0 unspecified atom stereocenters. The molecule has 0 spiro atoms. The Balaban J connectivity index is 3.06. The SMILES string of the molecule is Cc1cc(S)cc(CN)c1. The number of hydrogen-bond acceptors (Lipinski definition) is 2. The second kappa shape index (κ2) is 3.08. The van der Waals surface area contributed by atoms with Crippen LogP contribution in [-0.4, -0.2) is 0 Å². The monoisotopic (exact) mass is 153 g/mol. The van der Waals surface area contributed by atoms with Gasteiger partial charge in [0.05, 0.1) is 0 Å². The van der Waals surface area contributed by atoms with Crippen molar-refractivity contribution in [3.8, 4) is 0 Å². The standard InChI is InChI=1S/C8H11NS/c1-6-2-7(5-9)4-8(10)3-6/h2-4,10H,5,9H2,1H3. The lowest BCUT2D eigenvalue weighted by atomic mass is 10.1. The molecule has 54 valence electrons. The number of rotatable bonds is 1. The van der Waals surface area contributed by atoms with Gasteiger partial charge in [0, 0.05) is 11.4 Å². The minimum absolute atomic E-state index is 0.592. The van der Waals surface area contributed by atoms with Gasteiger partial charge in [0.15, 0.2) is 0 Å². The normalized spacial score (nSPS) is 9.90. The molecule has 0 radical (unpaired) electrons. The molecule has 0 amide bonds. The van der Waals surface area contributed by atoms with Crippen molar-refractivity contribution in [2.75, 3.05) is 0 Å². The fraction of sp³-hybridized carbons (Fsp3) is 0.250. The first-order valence-corrected chi connectivity index (χ1v) is 3.66. The second-order valence-corrected chi connectivity index (χ2v) is 2.90. The summed E-state index contributed by atoms with van der Waals surface area (Å²) in [7, 11) is 0. The largest absolute Gasteiger partial charge is 0.326 e. The van der Waals surface area contributed by atoms with E-state index in [-0.39, 0.29) is 0 Å². The molecule has 0 saturated heterocycles. The highest BCUT2D eigenvalue weighted by molar-refractivity contribution is 7.80. The van der Waals surface area contributed by atoms with Crippen LogP contribution in [0, 0.1) is 6.92 Å². The van der Waals surface area contributed by atoms with Gasteiger partial charge in [0.25, 0.3) is 0 Å². The number of thiol groups is 1. The maximum Gasteiger partial charge on any atom is 0.0178 e. The molecule has 0 bridgehead atoms. The van der Waals surface area contributed by atoms with Crippen molar-refractivity contribution in [2.45, 2.75) is 18.4 Å². The Labute approximate surface area is 66.7 Å². The highest BCUT2D eigenvalue weighted by atomic mass is 32.1. The van der Waals surface area contributed by atoms with E-state index in [2.05, 4.69) is 18.7 Å². The predicted molar refractivity (Wildman–Crippen MR) is 46.3 cm³/mol. The van der Waals surface area contributed by atoms with Crippen LogP contribution in [0.1, 0.15) is 11.1 Å². The maximum atomic E-state index is 5.45. The highest BCUT2D eigenvalue weighted by Crippen LogP contribution is 2.11. The third-order valence-corrected chi connectivity index (χ3v) is 1.62. The van der Waals surface area contributed by atoms with E-state index in [0.717, 1.165) is 10.5 Å². The van der Waals surface area contributed by atoms with Gasteiger partial charge in [-0.05, 0) is 30.2 Å². The second-order valence-electron chi connectivity index (χ2n) is 2.38. The van der Waals surface area contributed by atoms with Gasteiger partial charge in [0.2, 0.25) is 0 Å². The molecule has 2 heteroatoms. The lowest BCUT2D eigenvalue weighted by molar-refractivity contribution is 1.05. The zero-order valence-corrected chi connectivity index (χ0v) is 6.86. The molecular formula is C8H11NS. The summed E-state index contributed by atoms with van der Waals surface area (Å²) in [6.07, 6.45) is 0. The minimum atomic E-state index is 0.592. The van der Waals surface area contributed by atoms with E-state index in [4.69, 9.17) is 5.73 Å². The number of hydrogen-bond donors (Lipinski definition) is 2. The van der Waals surface area contributed by atoms with Crippen LogP contribution >= 0.6 is 12.6 Å². The minimum Gasteiger partial charge on any atom is -0.326 e. The summed E-state index contributed by atoms with van der Waals surface area (Å²) in [5.74, 6) is 0. The van der Waals surface area contributed by atoms with Gasteiger partial charge in [-0.3, -0.25) is 0 Å². The summed E-state index contributed by atoms with van der Waals surface area (Å²) in [4.78, 5) is 0.987. The van der Waals surface area contributed by atoms with Gasteiger partial charge >= 0.3 is 0 Å². The Hall–Kier alpha value is -0.470. The Morgan fingerprint density at radius 2 is 2.10 bits per heavy atom. The van der Waals surface area contributed by atoms with Crippen LogP contribution in [0.3, 0.4) is 0 Å². The lowest BCUT2D eigenvalue weighted by Crippen LogP contribution is -1.96. The molecule has 0 atom stereocenters. The summed E-state index contributed by atoms with van der Waals surface area (Å²) in [5.41, 5.74) is 7.81.